The van der Waals surface area contributed by atoms with Crippen molar-refractivity contribution < 1.29 is 13.2 Å². The van der Waals surface area contributed by atoms with E-state index in [9.17, 15) is 8.42 Å². The van der Waals surface area contributed by atoms with Gasteiger partial charge in [-0.2, -0.15) is 17.4 Å². The van der Waals surface area contributed by atoms with E-state index in [0.29, 0.717) is 31.9 Å². The zero-order chi connectivity index (χ0) is 14.6. The minimum Gasteiger partial charge on any atom is -0.496 e. The third-order valence-electron chi connectivity index (χ3n) is 3.35. The van der Waals surface area contributed by atoms with Crippen LogP contribution in [0.1, 0.15) is 18.5 Å². The van der Waals surface area contributed by atoms with Gasteiger partial charge in [0.15, 0.2) is 0 Å². The number of piperazine rings is 1. The van der Waals surface area contributed by atoms with Crippen LogP contribution in [0.4, 0.5) is 0 Å². The molecule has 1 aliphatic heterocycles. The number of para-hydroxylation sites is 1. The number of benzene rings is 1. The molecule has 1 aromatic carbocycles. The Morgan fingerprint density at radius 3 is 2.60 bits per heavy atom. The maximum Gasteiger partial charge on any atom is 0.280 e. The Morgan fingerprint density at radius 2 is 1.95 bits per heavy atom. The number of hydrogen-bond acceptors (Lipinski definition) is 4. The fourth-order valence-electron chi connectivity index (χ4n) is 2.27. The van der Waals surface area contributed by atoms with Crippen molar-refractivity contribution in [2.75, 3.05) is 33.3 Å². The molecule has 2 N–H and O–H groups in total. The van der Waals surface area contributed by atoms with Gasteiger partial charge >= 0.3 is 0 Å². The second-order valence-corrected chi connectivity index (χ2v) is 6.44. The predicted octanol–water partition coefficient (Wildman–Crippen LogP) is 0.496. The summed E-state index contributed by atoms with van der Waals surface area (Å²) in [5, 5.41) is 3.14. The molecule has 1 fully saturated rings. The number of nitrogens with zero attached hydrogens (tertiary/aromatic N) is 1. The number of nitrogens with one attached hydrogen (secondary N) is 2. The molecule has 1 atom stereocenters. The molecule has 7 heteroatoms. The van der Waals surface area contributed by atoms with Gasteiger partial charge in [0.2, 0.25) is 0 Å². The molecule has 6 nitrogen and oxygen atoms in total. The highest BCUT2D eigenvalue weighted by atomic mass is 32.2. The molecule has 0 radical (unpaired) electrons. The number of ether oxygens (including phenoxy) is 1. The molecule has 1 heterocycles. The number of methoxy groups -OCH3 is 1. The molecule has 1 aliphatic rings. The third-order valence-corrected chi connectivity index (χ3v) is 5.04. The molecule has 1 saturated heterocycles. The first-order chi connectivity index (χ1) is 9.54. The Balaban J connectivity index is 2.11. The quantitative estimate of drug-likeness (QED) is 0.830. The fraction of sp³-hybridized carbons (Fsp3) is 0.538. The molecule has 2 rings (SSSR count). The smallest absolute Gasteiger partial charge is 0.280 e. The summed E-state index contributed by atoms with van der Waals surface area (Å²) in [5.74, 6) is 0.683. The van der Waals surface area contributed by atoms with Crippen LogP contribution in [-0.2, 0) is 10.2 Å². The Morgan fingerprint density at radius 1 is 1.30 bits per heavy atom. The Labute approximate surface area is 120 Å². The van der Waals surface area contributed by atoms with Gasteiger partial charge in [-0.15, -0.1) is 0 Å². The molecule has 0 aliphatic carbocycles. The second kappa shape index (κ2) is 6.53. The van der Waals surface area contributed by atoms with E-state index in [4.69, 9.17) is 4.74 Å². The van der Waals surface area contributed by atoms with Crippen molar-refractivity contribution >= 4 is 10.2 Å². The van der Waals surface area contributed by atoms with Crippen LogP contribution in [0.25, 0.3) is 0 Å². The summed E-state index contributed by atoms with van der Waals surface area (Å²) in [4.78, 5) is 0. The fourth-order valence-corrected chi connectivity index (χ4v) is 3.66. The second-order valence-electron chi connectivity index (χ2n) is 4.74. The van der Waals surface area contributed by atoms with E-state index < -0.39 is 10.2 Å². The maximum atomic E-state index is 12.3. The minimum atomic E-state index is -3.47. The highest BCUT2D eigenvalue weighted by molar-refractivity contribution is 7.87. The lowest BCUT2D eigenvalue weighted by Crippen LogP contribution is -2.50. The van der Waals surface area contributed by atoms with Gasteiger partial charge in [-0.3, -0.25) is 0 Å². The van der Waals surface area contributed by atoms with Crippen molar-refractivity contribution in [3.8, 4) is 5.75 Å². The molecule has 0 saturated carbocycles. The molecule has 0 spiro atoms. The van der Waals surface area contributed by atoms with E-state index in [-0.39, 0.29) is 6.04 Å². The summed E-state index contributed by atoms with van der Waals surface area (Å²) in [7, 11) is -1.89. The van der Waals surface area contributed by atoms with Crippen molar-refractivity contribution in [1.82, 2.24) is 14.3 Å². The summed E-state index contributed by atoms with van der Waals surface area (Å²) in [5.41, 5.74) is 0.828. The van der Waals surface area contributed by atoms with Crippen LogP contribution in [0, 0.1) is 0 Å². The lowest BCUT2D eigenvalue weighted by atomic mass is 10.1. The molecular weight excluding hydrogens is 278 g/mol. The zero-order valence-electron chi connectivity index (χ0n) is 11.8. The predicted molar refractivity (Wildman–Crippen MR) is 77.9 cm³/mol. The first kappa shape index (κ1) is 15.2. The van der Waals surface area contributed by atoms with Gasteiger partial charge in [-0.25, -0.2) is 0 Å². The Bertz CT molecular complexity index is 542. The van der Waals surface area contributed by atoms with Crippen LogP contribution in [0.2, 0.25) is 0 Å². The third kappa shape index (κ3) is 3.49. The topological polar surface area (TPSA) is 70.7 Å². The molecule has 1 unspecified atom stereocenters. The average molecular weight is 299 g/mol. The van der Waals surface area contributed by atoms with Crippen LogP contribution in [0.5, 0.6) is 5.75 Å². The van der Waals surface area contributed by atoms with Crippen LogP contribution in [0.3, 0.4) is 0 Å². The van der Waals surface area contributed by atoms with Crippen LogP contribution < -0.4 is 14.8 Å². The summed E-state index contributed by atoms with van der Waals surface area (Å²) < 4.78 is 34.1. The van der Waals surface area contributed by atoms with Crippen LogP contribution >= 0.6 is 0 Å². The minimum absolute atomic E-state index is 0.342. The summed E-state index contributed by atoms with van der Waals surface area (Å²) in [6.07, 6.45) is 0. The molecule has 0 bridgehead atoms. The van der Waals surface area contributed by atoms with E-state index in [1.807, 2.05) is 31.2 Å². The zero-order valence-corrected chi connectivity index (χ0v) is 12.6. The van der Waals surface area contributed by atoms with Gasteiger partial charge in [0.05, 0.1) is 7.11 Å². The summed E-state index contributed by atoms with van der Waals surface area (Å²) >= 11 is 0. The van der Waals surface area contributed by atoms with Crippen molar-refractivity contribution in [2.24, 2.45) is 0 Å². The number of hydrogen-bond donors (Lipinski definition) is 2. The lowest BCUT2D eigenvalue weighted by Gasteiger charge is -2.28. The van der Waals surface area contributed by atoms with Gasteiger partial charge < -0.3 is 10.1 Å². The molecule has 0 aromatic heterocycles. The van der Waals surface area contributed by atoms with Crippen LogP contribution in [-0.4, -0.2) is 46.0 Å². The van der Waals surface area contributed by atoms with Crippen molar-refractivity contribution in [3.63, 3.8) is 0 Å². The Kier molecular flexibility index (Phi) is 4.98. The van der Waals surface area contributed by atoms with Crippen molar-refractivity contribution in [2.45, 2.75) is 13.0 Å². The molecular formula is C13H21N3O3S. The SMILES string of the molecule is COc1ccccc1C(C)NS(=O)(=O)N1CCNCC1. The first-order valence-corrected chi connectivity index (χ1v) is 8.09. The molecule has 20 heavy (non-hydrogen) atoms. The molecule has 112 valence electrons. The van der Waals surface area contributed by atoms with E-state index in [0.717, 1.165) is 5.56 Å². The van der Waals surface area contributed by atoms with Gasteiger partial charge in [0.1, 0.15) is 5.75 Å². The van der Waals surface area contributed by atoms with Gasteiger partial charge in [0, 0.05) is 37.8 Å². The lowest BCUT2D eigenvalue weighted by molar-refractivity contribution is 0.351. The summed E-state index contributed by atoms with van der Waals surface area (Å²) in [6.45, 7) is 4.17. The van der Waals surface area contributed by atoms with Crippen LogP contribution in [0.15, 0.2) is 24.3 Å². The van der Waals surface area contributed by atoms with Crippen molar-refractivity contribution in [3.05, 3.63) is 29.8 Å². The van der Waals surface area contributed by atoms with E-state index in [2.05, 4.69) is 10.0 Å². The monoisotopic (exact) mass is 299 g/mol. The molecule has 1 aromatic rings. The van der Waals surface area contributed by atoms with Gasteiger partial charge in [0.25, 0.3) is 10.2 Å². The van der Waals surface area contributed by atoms with Gasteiger partial charge in [-0.05, 0) is 13.0 Å². The van der Waals surface area contributed by atoms with Crippen molar-refractivity contribution in [1.29, 1.82) is 0 Å². The average Bonchev–Trinajstić information content (AvgIpc) is 2.47. The van der Waals surface area contributed by atoms with E-state index in [1.165, 1.54) is 4.31 Å². The highest BCUT2D eigenvalue weighted by Crippen LogP contribution is 2.25. The Hall–Kier alpha value is -1.15. The molecule has 0 amide bonds. The maximum absolute atomic E-state index is 12.3. The largest absolute Gasteiger partial charge is 0.496 e. The summed E-state index contributed by atoms with van der Waals surface area (Å²) in [6, 6.07) is 7.08. The van der Waals surface area contributed by atoms with E-state index in [1.54, 1.807) is 7.11 Å². The number of rotatable bonds is 5. The highest BCUT2D eigenvalue weighted by Gasteiger charge is 2.26. The van der Waals surface area contributed by atoms with Gasteiger partial charge in [-0.1, -0.05) is 18.2 Å². The first-order valence-electron chi connectivity index (χ1n) is 6.65. The normalized spacial score (nSPS) is 18.7. The van der Waals surface area contributed by atoms with E-state index >= 15 is 0 Å². The standard InChI is InChI=1S/C13H21N3O3S/c1-11(12-5-3-4-6-13(12)19-2)15-20(17,18)16-9-7-14-8-10-16/h3-6,11,14-15H,7-10H2,1-2H3.